The Morgan fingerprint density at radius 1 is 0.533 bits per heavy atom. The fraction of sp³-hybridized carbons (Fsp3) is 0.0714. The second kappa shape index (κ2) is 6.73. The van der Waals surface area contributed by atoms with Gasteiger partial charge in [-0.15, -0.1) is 0 Å². The van der Waals surface area contributed by atoms with E-state index in [-0.39, 0.29) is 0 Å². The minimum Gasteiger partial charge on any atom is -0.192 e. The lowest BCUT2D eigenvalue weighted by atomic mass is 9.87. The van der Waals surface area contributed by atoms with Crippen molar-refractivity contribution in [2.75, 3.05) is 0 Å². The second-order valence-corrected chi connectivity index (χ2v) is 7.64. The zero-order valence-corrected chi connectivity index (χ0v) is 16.8. The van der Waals surface area contributed by atoms with Crippen molar-refractivity contribution in [2.24, 2.45) is 0 Å². The largest absolute Gasteiger partial charge is 0.192 e. The summed E-state index contributed by atoms with van der Waals surface area (Å²) in [5, 5.41) is 21.6. The number of hydrogen-bond donors (Lipinski definition) is 0. The van der Waals surface area contributed by atoms with Gasteiger partial charge in [0.2, 0.25) is 0 Å². The summed E-state index contributed by atoms with van der Waals surface area (Å²) < 4.78 is 0. The van der Waals surface area contributed by atoms with E-state index in [1.807, 2.05) is 38.1 Å². The maximum absolute atomic E-state index is 9.61. The third-order valence-electron chi connectivity index (χ3n) is 6.14. The van der Waals surface area contributed by atoms with Gasteiger partial charge in [-0.1, -0.05) is 60.7 Å². The molecule has 5 rings (SSSR count). The highest BCUT2D eigenvalue weighted by molar-refractivity contribution is 6.21. The highest BCUT2D eigenvalue weighted by atomic mass is 14.3. The molecule has 0 bridgehead atoms. The molecule has 0 atom stereocenters. The zero-order chi connectivity index (χ0) is 20.8. The lowest BCUT2D eigenvalue weighted by Crippen LogP contribution is -1.98. The minimum absolute atomic E-state index is 0.685. The van der Waals surface area contributed by atoms with Gasteiger partial charge >= 0.3 is 0 Å². The van der Waals surface area contributed by atoms with E-state index in [9.17, 15) is 10.5 Å². The molecule has 0 saturated carbocycles. The van der Waals surface area contributed by atoms with Gasteiger partial charge in [-0.25, -0.2) is 0 Å². The molecule has 2 nitrogen and oxygen atoms in total. The van der Waals surface area contributed by atoms with Gasteiger partial charge in [-0.2, -0.15) is 10.5 Å². The lowest BCUT2D eigenvalue weighted by Gasteiger charge is -2.16. The van der Waals surface area contributed by atoms with Crippen LogP contribution in [0.25, 0.3) is 21.9 Å². The number of nitrogens with zero attached hydrogens (tertiary/aromatic N) is 2. The number of nitriles is 2. The topological polar surface area (TPSA) is 47.6 Å². The monoisotopic (exact) mass is 382 g/mol. The first-order valence-corrected chi connectivity index (χ1v) is 9.92. The molecule has 0 saturated heterocycles. The van der Waals surface area contributed by atoms with Gasteiger partial charge in [0, 0.05) is 0 Å². The Morgan fingerprint density at radius 3 is 1.37 bits per heavy atom. The number of hydrogen-bond acceptors (Lipinski definition) is 2. The maximum atomic E-state index is 9.61. The zero-order valence-electron chi connectivity index (χ0n) is 16.8. The van der Waals surface area contributed by atoms with Crippen LogP contribution in [0.4, 0.5) is 0 Å². The first-order valence-electron chi connectivity index (χ1n) is 9.92. The fourth-order valence-corrected chi connectivity index (χ4v) is 4.64. The first kappa shape index (κ1) is 17.9. The van der Waals surface area contributed by atoms with Crippen molar-refractivity contribution in [3.63, 3.8) is 0 Å². The van der Waals surface area contributed by atoms with Crippen molar-refractivity contribution >= 4 is 21.9 Å². The summed E-state index contributed by atoms with van der Waals surface area (Å²) in [6.45, 7) is 4.03. The predicted molar refractivity (Wildman–Crippen MR) is 121 cm³/mol. The molecule has 0 amide bonds. The average molecular weight is 382 g/mol. The van der Waals surface area contributed by atoms with Crippen LogP contribution < -0.4 is 0 Å². The molecule has 1 aliphatic carbocycles. The van der Waals surface area contributed by atoms with E-state index in [0.29, 0.717) is 11.1 Å². The van der Waals surface area contributed by atoms with Crippen LogP contribution in [0.1, 0.15) is 44.5 Å². The summed E-state index contributed by atoms with van der Waals surface area (Å²) in [4.78, 5) is 0. The summed E-state index contributed by atoms with van der Waals surface area (Å²) >= 11 is 0. The molecule has 0 spiro atoms. The van der Waals surface area contributed by atoms with E-state index in [1.54, 1.807) is 0 Å². The molecule has 0 N–H and O–H groups in total. The standard InChI is InChI=1S/C28H18N2/c1-17-20(15-29)9-5-11-22(17)27-24-13-3-7-19-8-4-14-25(26(19)24)28(27)23-12-6-10-21(16-30)18(23)2/h3-14H,1-2H3. The van der Waals surface area contributed by atoms with Crippen LogP contribution in [0, 0.1) is 36.5 Å². The molecule has 2 heteroatoms. The third kappa shape index (κ3) is 2.41. The van der Waals surface area contributed by atoms with Gasteiger partial charge < -0.3 is 0 Å². The van der Waals surface area contributed by atoms with E-state index in [4.69, 9.17) is 0 Å². The second-order valence-electron chi connectivity index (χ2n) is 7.64. The highest BCUT2D eigenvalue weighted by Gasteiger charge is 2.28. The normalized spacial score (nSPS) is 12.1. The van der Waals surface area contributed by atoms with Crippen LogP contribution in [0.2, 0.25) is 0 Å². The molecule has 0 aliphatic heterocycles. The SMILES string of the molecule is Cc1c(C#N)cccc1C1=C(c2cccc(C#N)c2C)c2cccc3cccc1c23. The Bertz CT molecular complexity index is 1370. The third-order valence-corrected chi connectivity index (χ3v) is 6.14. The lowest BCUT2D eigenvalue weighted by molar-refractivity contribution is 1.35. The summed E-state index contributed by atoms with van der Waals surface area (Å²) in [5.74, 6) is 0. The molecule has 0 unspecified atom stereocenters. The van der Waals surface area contributed by atoms with Gasteiger partial charge in [0.05, 0.1) is 23.3 Å². The van der Waals surface area contributed by atoms with Crippen molar-refractivity contribution in [3.05, 3.63) is 117 Å². The van der Waals surface area contributed by atoms with Crippen LogP contribution in [-0.4, -0.2) is 0 Å². The van der Waals surface area contributed by atoms with E-state index in [0.717, 1.165) is 33.4 Å². The molecule has 4 aromatic carbocycles. The molecular formula is C28H18N2. The molecule has 30 heavy (non-hydrogen) atoms. The van der Waals surface area contributed by atoms with Crippen molar-refractivity contribution in [1.29, 1.82) is 10.5 Å². The first-order chi connectivity index (χ1) is 14.7. The Hall–Kier alpha value is -4.14. The molecule has 0 fully saturated rings. The van der Waals surface area contributed by atoms with Crippen LogP contribution in [0.15, 0.2) is 72.8 Å². The Morgan fingerprint density at radius 2 is 0.933 bits per heavy atom. The summed E-state index contributed by atoms with van der Waals surface area (Å²) in [6, 6.07) is 29.3. The van der Waals surface area contributed by atoms with E-state index >= 15 is 0 Å². The van der Waals surface area contributed by atoms with Crippen LogP contribution >= 0.6 is 0 Å². The van der Waals surface area contributed by atoms with E-state index in [2.05, 4.69) is 60.7 Å². The average Bonchev–Trinajstić information content (AvgIpc) is 3.10. The van der Waals surface area contributed by atoms with Crippen molar-refractivity contribution < 1.29 is 0 Å². The maximum Gasteiger partial charge on any atom is 0.0994 e. The van der Waals surface area contributed by atoms with Crippen LogP contribution in [0.3, 0.4) is 0 Å². The molecule has 4 aromatic rings. The quantitative estimate of drug-likeness (QED) is 0.349. The van der Waals surface area contributed by atoms with E-state index < -0.39 is 0 Å². The van der Waals surface area contributed by atoms with Gasteiger partial charge in [-0.05, 0) is 81.3 Å². The Kier molecular flexibility index (Phi) is 4.02. The molecule has 140 valence electrons. The molecular weight excluding hydrogens is 364 g/mol. The predicted octanol–water partition coefficient (Wildman–Crippen LogP) is 6.52. The van der Waals surface area contributed by atoms with E-state index in [1.165, 1.54) is 21.9 Å². The summed E-state index contributed by atoms with van der Waals surface area (Å²) in [6.07, 6.45) is 0. The number of benzene rings is 4. The van der Waals surface area contributed by atoms with Gasteiger partial charge in [0.15, 0.2) is 0 Å². The smallest absolute Gasteiger partial charge is 0.0994 e. The van der Waals surface area contributed by atoms with Crippen LogP contribution in [0.5, 0.6) is 0 Å². The highest BCUT2D eigenvalue weighted by Crippen LogP contribution is 2.49. The molecule has 1 aliphatic rings. The fourth-order valence-electron chi connectivity index (χ4n) is 4.64. The van der Waals surface area contributed by atoms with Gasteiger partial charge in [0.25, 0.3) is 0 Å². The van der Waals surface area contributed by atoms with Crippen molar-refractivity contribution in [3.8, 4) is 12.1 Å². The summed E-state index contributed by atoms with van der Waals surface area (Å²) in [7, 11) is 0. The molecule has 0 heterocycles. The number of rotatable bonds is 2. The molecule has 0 radical (unpaired) electrons. The molecule has 0 aromatic heterocycles. The van der Waals surface area contributed by atoms with Crippen molar-refractivity contribution in [2.45, 2.75) is 13.8 Å². The Balaban J connectivity index is 1.97. The van der Waals surface area contributed by atoms with Crippen molar-refractivity contribution in [1.82, 2.24) is 0 Å². The minimum atomic E-state index is 0.685. The van der Waals surface area contributed by atoms with Gasteiger partial charge in [0.1, 0.15) is 0 Å². The van der Waals surface area contributed by atoms with Gasteiger partial charge in [-0.3, -0.25) is 0 Å². The Labute approximate surface area is 176 Å². The summed E-state index contributed by atoms with van der Waals surface area (Å²) in [5.41, 5.74) is 10.1. The van der Waals surface area contributed by atoms with Crippen LogP contribution in [-0.2, 0) is 0 Å².